The van der Waals surface area contributed by atoms with E-state index in [1.54, 1.807) is 12.7 Å². The molecular formula is C24H30N8. The van der Waals surface area contributed by atoms with Gasteiger partial charge in [0.2, 0.25) is 0 Å². The van der Waals surface area contributed by atoms with Crippen LogP contribution in [0.2, 0.25) is 0 Å². The molecule has 1 aromatic carbocycles. The summed E-state index contributed by atoms with van der Waals surface area (Å²) in [4.78, 5) is 25.9. The first kappa shape index (κ1) is 20.6. The van der Waals surface area contributed by atoms with Crippen molar-refractivity contribution in [3.05, 3.63) is 48.0 Å². The van der Waals surface area contributed by atoms with Crippen LogP contribution in [0.4, 0.5) is 11.6 Å². The number of likely N-dealkylation sites (tertiary alicyclic amines) is 1. The van der Waals surface area contributed by atoms with E-state index in [-0.39, 0.29) is 0 Å². The van der Waals surface area contributed by atoms with Crippen molar-refractivity contribution in [1.29, 1.82) is 0 Å². The van der Waals surface area contributed by atoms with E-state index in [9.17, 15) is 0 Å². The summed E-state index contributed by atoms with van der Waals surface area (Å²) >= 11 is 0. The fourth-order valence-electron chi connectivity index (χ4n) is 4.63. The van der Waals surface area contributed by atoms with Gasteiger partial charge < -0.3 is 20.1 Å². The number of hydrogen-bond acceptors (Lipinski definition) is 7. The molecule has 0 saturated carbocycles. The van der Waals surface area contributed by atoms with Crippen LogP contribution in [0.3, 0.4) is 0 Å². The zero-order valence-corrected chi connectivity index (χ0v) is 19.0. The van der Waals surface area contributed by atoms with Crippen LogP contribution in [0.15, 0.2) is 36.9 Å². The van der Waals surface area contributed by atoms with Crippen molar-refractivity contribution in [2.75, 3.05) is 43.9 Å². The monoisotopic (exact) mass is 430 g/mol. The Hall–Kier alpha value is -3.26. The number of rotatable bonds is 6. The van der Waals surface area contributed by atoms with Crippen LogP contribution >= 0.6 is 0 Å². The quantitative estimate of drug-likeness (QED) is 0.483. The number of aromatic amines is 1. The Morgan fingerprint density at radius 2 is 2.00 bits per heavy atom. The number of pyridine rings is 1. The number of imidazole rings is 1. The lowest BCUT2D eigenvalue weighted by Crippen LogP contribution is -2.36. The van der Waals surface area contributed by atoms with Gasteiger partial charge in [-0.05, 0) is 57.5 Å². The number of nitrogens with zero attached hydrogens (tertiary/aromatic N) is 6. The van der Waals surface area contributed by atoms with E-state index in [0.717, 1.165) is 45.8 Å². The van der Waals surface area contributed by atoms with Crippen LogP contribution in [0, 0.1) is 12.8 Å². The summed E-state index contributed by atoms with van der Waals surface area (Å²) in [6, 6.07) is 8.61. The summed E-state index contributed by atoms with van der Waals surface area (Å²) < 4.78 is 0. The highest BCUT2D eigenvalue weighted by atomic mass is 15.2. The molecule has 1 aliphatic heterocycles. The number of fused-ring (bicyclic) bond motifs is 2. The van der Waals surface area contributed by atoms with Gasteiger partial charge in [0.25, 0.3) is 0 Å². The Labute approximate surface area is 188 Å². The van der Waals surface area contributed by atoms with Crippen LogP contribution in [0.25, 0.3) is 22.1 Å². The van der Waals surface area contributed by atoms with Crippen LogP contribution in [-0.2, 0) is 6.54 Å². The number of H-pyrrole nitrogens is 1. The Kier molecular flexibility index (Phi) is 5.61. The average Bonchev–Trinajstić information content (AvgIpc) is 3.28. The molecule has 0 spiro atoms. The lowest BCUT2D eigenvalue weighted by Gasteiger charge is -2.32. The predicted octanol–water partition coefficient (Wildman–Crippen LogP) is 3.60. The summed E-state index contributed by atoms with van der Waals surface area (Å²) in [7, 11) is 4.38. The van der Waals surface area contributed by atoms with Crippen molar-refractivity contribution < 1.29 is 0 Å². The molecule has 0 aliphatic carbocycles. The van der Waals surface area contributed by atoms with E-state index >= 15 is 0 Å². The molecule has 2 N–H and O–H groups in total. The second-order valence-corrected chi connectivity index (χ2v) is 8.92. The normalized spacial score (nSPS) is 15.5. The van der Waals surface area contributed by atoms with E-state index in [4.69, 9.17) is 4.98 Å². The number of piperidine rings is 1. The maximum absolute atomic E-state index is 5.14. The molecule has 0 amide bonds. The van der Waals surface area contributed by atoms with E-state index in [1.165, 1.54) is 31.5 Å². The number of aryl methyl sites for hydroxylation is 1. The van der Waals surface area contributed by atoms with Gasteiger partial charge in [-0.1, -0.05) is 18.2 Å². The Bertz CT molecular complexity index is 1230. The number of para-hydroxylation sites is 1. The van der Waals surface area contributed by atoms with Crippen LogP contribution < -0.4 is 10.2 Å². The van der Waals surface area contributed by atoms with Crippen molar-refractivity contribution in [2.24, 2.45) is 5.92 Å². The first-order chi connectivity index (χ1) is 15.6. The maximum Gasteiger partial charge on any atom is 0.162 e. The number of hydrogen-bond donors (Lipinski definition) is 2. The summed E-state index contributed by atoms with van der Waals surface area (Å²) in [5.74, 6) is 2.45. The second kappa shape index (κ2) is 8.70. The summed E-state index contributed by atoms with van der Waals surface area (Å²) in [6.07, 6.45) is 5.67. The third-order valence-corrected chi connectivity index (χ3v) is 6.50. The molecule has 4 heterocycles. The second-order valence-electron chi connectivity index (χ2n) is 8.92. The Morgan fingerprint density at radius 1 is 1.16 bits per heavy atom. The summed E-state index contributed by atoms with van der Waals surface area (Å²) in [5.41, 5.74) is 4.90. The molecule has 1 saturated heterocycles. The van der Waals surface area contributed by atoms with Gasteiger partial charge in [-0.3, -0.25) is 0 Å². The standard InChI is InChI=1S/C24H30N8/c1-16-5-4-6-18-11-19(12-25-22-21-23(27-14-26-21)29-15-28-22)24(30-20(16)18)32(3)13-17-7-9-31(2)10-8-17/h4-6,11,14-15,17H,7-10,12-13H2,1-3H3,(H2,25,26,27,28,29). The van der Waals surface area contributed by atoms with Crippen molar-refractivity contribution in [1.82, 2.24) is 29.8 Å². The third-order valence-electron chi connectivity index (χ3n) is 6.50. The molecule has 32 heavy (non-hydrogen) atoms. The number of anilines is 2. The van der Waals surface area contributed by atoms with Gasteiger partial charge in [0.1, 0.15) is 17.7 Å². The summed E-state index contributed by atoms with van der Waals surface area (Å²) in [6.45, 7) is 6.10. The van der Waals surface area contributed by atoms with Gasteiger partial charge in [-0.25, -0.2) is 19.9 Å². The highest BCUT2D eigenvalue weighted by molar-refractivity contribution is 5.85. The van der Waals surface area contributed by atoms with Crippen LogP contribution in [0.1, 0.15) is 24.0 Å². The first-order valence-corrected chi connectivity index (χ1v) is 11.3. The molecule has 166 valence electrons. The zero-order valence-electron chi connectivity index (χ0n) is 19.0. The van der Waals surface area contributed by atoms with E-state index in [1.807, 2.05) is 0 Å². The van der Waals surface area contributed by atoms with Crippen molar-refractivity contribution in [2.45, 2.75) is 26.3 Å². The number of aromatic nitrogens is 5. The molecular weight excluding hydrogens is 400 g/mol. The van der Waals surface area contributed by atoms with E-state index < -0.39 is 0 Å². The molecule has 4 aromatic rings. The number of benzene rings is 1. The molecule has 0 unspecified atom stereocenters. The van der Waals surface area contributed by atoms with Gasteiger partial charge in [-0.15, -0.1) is 0 Å². The molecule has 0 atom stereocenters. The lowest BCUT2D eigenvalue weighted by atomic mass is 9.96. The van der Waals surface area contributed by atoms with Crippen molar-refractivity contribution in [3.8, 4) is 0 Å². The van der Waals surface area contributed by atoms with Gasteiger partial charge in [0.15, 0.2) is 11.5 Å². The maximum atomic E-state index is 5.14. The topological polar surface area (TPSA) is 85.9 Å². The SMILES string of the molecule is Cc1cccc2cc(CNc3ncnc4[nH]cnc34)c(N(C)CC3CCN(C)CC3)nc12. The third kappa shape index (κ3) is 4.10. The molecule has 8 heteroatoms. The molecule has 1 fully saturated rings. The molecule has 3 aromatic heterocycles. The molecule has 0 bridgehead atoms. The average molecular weight is 431 g/mol. The van der Waals surface area contributed by atoms with Gasteiger partial charge in [0.05, 0.1) is 11.8 Å². The van der Waals surface area contributed by atoms with Gasteiger partial charge in [-0.2, -0.15) is 0 Å². The minimum Gasteiger partial charge on any atom is -0.364 e. The highest BCUT2D eigenvalue weighted by Gasteiger charge is 2.21. The number of nitrogens with one attached hydrogen (secondary N) is 2. The molecule has 0 radical (unpaired) electrons. The molecule has 8 nitrogen and oxygen atoms in total. The smallest absolute Gasteiger partial charge is 0.162 e. The van der Waals surface area contributed by atoms with E-state index in [2.05, 4.69) is 80.3 Å². The van der Waals surface area contributed by atoms with Gasteiger partial charge in [0, 0.05) is 31.1 Å². The Morgan fingerprint density at radius 3 is 2.84 bits per heavy atom. The predicted molar refractivity (Wildman–Crippen MR) is 129 cm³/mol. The summed E-state index contributed by atoms with van der Waals surface area (Å²) in [5, 5.41) is 4.63. The minimum atomic E-state index is 0.614. The zero-order chi connectivity index (χ0) is 22.1. The fraction of sp³-hybridized carbons (Fsp3) is 0.417. The van der Waals surface area contributed by atoms with Crippen LogP contribution in [-0.4, -0.2) is 63.5 Å². The van der Waals surface area contributed by atoms with Crippen molar-refractivity contribution in [3.63, 3.8) is 0 Å². The van der Waals surface area contributed by atoms with E-state index in [0.29, 0.717) is 12.5 Å². The first-order valence-electron chi connectivity index (χ1n) is 11.3. The Balaban J connectivity index is 1.45. The largest absolute Gasteiger partial charge is 0.364 e. The van der Waals surface area contributed by atoms with Gasteiger partial charge >= 0.3 is 0 Å². The molecule has 1 aliphatic rings. The highest BCUT2D eigenvalue weighted by Crippen LogP contribution is 2.28. The lowest BCUT2D eigenvalue weighted by molar-refractivity contribution is 0.222. The minimum absolute atomic E-state index is 0.614. The van der Waals surface area contributed by atoms with Crippen molar-refractivity contribution >= 4 is 33.7 Å². The molecule has 5 rings (SSSR count). The van der Waals surface area contributed by atoms with Crippen LogP contribution in [0.5, 0.6) is 0 Å². The fourth-order valence-corrected chi connectivity index (χ4v) is 4.63.